The standard InChI is InChI=1S/C22H26F2N4O3/c1-13(2)22(23,24)31-17-9-5-8-16(12-17)14(3)26-20(30)18-10-11-25-21(27-18)28-19(29)15-6-4-7-15/h9-12,14-15H,1,4-8H2,2-3H3,(H,26,30)(H,25,27,28,29). The SMILES string of the molecule is C=C(C)C(F)(F)OC1=CCCC(C(C)NC(=O)c2ccnc(NC(=O)C3CCC3)n2)=C1. The van der Waals surface area contributed by atoms with Crippen molar-refractivity contribution in [2.24, 2.45) is 5.92 Å². The smallest absolute Gasteiger partial charge is 0.422 e. The summed E-state index contributed by atoms with van der Waals surface area (Å²) < 4.78 is 32.4. The van der Waals surface area contributed by atoms with Crippen molar-refractivity contribution in [3.8, 4) is 0 Å². The topological polar surface area (TPSA) is 93.2 Å². The summed E-state index contributed by atoms with van der Waals surface area (Å²) in [5, 5.41) is 5.44. The molecular formula is C22H26F2N4O3. The van der Waals surface area contributed by atoms with Crippen LogP contribution in [0.1, 0.15) is 56.4 Å². The van der Waals surface area contributed by atoms with Crippen LogP contribution in [-0.2, 0) is 9.53 Å². The second-order valence-corrected chi connectivity index (χ2v) is 7.84. The van der Waals surface area contributed by atoms with Gasteiger partial charge in [0.1, 0.15) is 11.5 Å². The van der Waals surface area contributed by atoms with Crippen LogP contribution >= 0.6 is 0 Å². The lowest BCUT2D eigenvalue weighted by Gasteiger charge is -2.24. The molecule has 1 unspecified atom stereocenters. The van der Waals surface area contributed by atoms with Crippen LogP contribution in [0, 0.1) is 5.92 Å². The van der Waals surface area contributed by atoms with Crippen LogP contribution in [0.2, 0.25) is 0 Å². The van der Waals surface area contributed by atoms with Crippen molar-refractivity contribution in [3.05, 3.63) is 53.6 Å². The van der Waals surface area contributed by atoms with Crippen LogP contribution in [0.25, 0.3) is 0 Å². The zero-order chi connectivity index (χ0) is 22.6. The highest BCUT2D eigenvalue weighted by Crippen LogP contribution is 2.30. The Morgan fingerprint density at radius 3 is 2.74 bits per heavy atom. The average Bonchev–Trinajstić information content (AvgIpc) is 2.66. The summed E-state index contributed by atoms with van der Waals surface area (Å²) >= 11 is 0. The molecule has 166 valence electrons. The minimum atomic E-state index is -3.46. The number of alkyl halides is 2. The Balaban J connectivity index is 1.62. The molecule has 3 rings (SSSR count). The quantitative estimate of drug-likeness (QED) is 0.603. The van der Waals surface area contributed by atoms with E-state index < -0.39 is 18.1 Å². The van der Waals surface area contributed by atoms with Gasteiger partial charge in [0.2, 0.25) is 11.9 Å². The monoisotopic (exact) mass is 432 g/mol. The maximum atomic E-state index is 13.8. The molecule has 1 heterocycles. The third-order valence-electron chi connectivity index (χ3n) is 5.35. The van der Waals surface area contributed by atoms with Gasteiger partial charge in [0, 0.05) is 23.7 Å². The highest BCUT2D eigenvalue weighted by molar-refractivity contribution is 5.94. The Bertz CT molecular complexity index is 938. The fourth-order valence-corrected chi connectivity index (χ4v) is 3.13. The summed E-state index contributed by atoms with van der Waals surface area (Å²) in [6.45, 7) is 6.19. The highest BCUT2D eigenvalue weighted by Gasteiger charge is 2.34. The fourth-order valence-electron chi connectivity index (χ4n) is 3.13. The lowest BCUT2D eigenvalue weighted by Crippen LogP contribution is -2.35. The zero-order valence-corrected chi connectivity index (χ0v) is 17.6. The Morgan fingerprint density at radius 2 is 2.10 bits per heavy atom. The van der Waals surface area contributed by atoms with E-state index in [1.165, 1.54) is 25.3 Å². The molecule has 1 atom stereocenters. The predicted molar refractivity (Wildman–Crippen MR) is 111 cm³/mol. The molecule has 2 aliphatic carbocycles. The van der Waals surface area contributed by atoms with E-state index in [1.807, 2.05) is 0 Å². The minimum absolute atomic E-state index is 0.0268. The summed E-state index contributed by atoms with van der Waals surface area (Å²) in [5.74, 6) is -0.510. The van der Waals surface area contributed by atoms with Crippen LogP contribution in [0.5, 0.6) is 0 Å². The van der Waals surface area contributed by atoms with Gasteiger partial charge in [0.05, 0.1) is 0 Å². The number of anilines is 1. The largest absolute Gasteiger partial charge is 0.430 e. The fraction of sp³-hybridized carbons (Fsp3) is 0.455. The average molecular weight is 432 g/mol. The van der Waals surface area contributed by atoms with Gasteiger partial charge in [-0.25, -0.2) is 9.97 Å². The number of halogens is 2. The maximum absolute atomic E-state index is 13.8. The number of amides is 2. The van der Waals surface area contributed by atoms with E-state index in [0.29, 0.717) is 12.8 Å². The molecule has 31 heavy (non-hydrogen) atoms. The second kappa shape index (κ2) is 9.36. The van der Waals surface area contributed by atoms with Gasteiger partial charge in [-0.1, -0.05) is 13.0 Å². The van der Waals surface area contributed by atoms with Crippen molar-refractivity contribution in [3.63, 3.8) is 0 Å². The number of nitrogens with zero attached hydrogens (tertiary/aromatic N) is 2. The van der Waals surface area contributed by atoms with E-state index in [-0.39, 0.29) is 34.8 Å². The molecule has 1 saturated carbocycles. The lowest BCUT2D eigenvalue weighted by atomic mass is 9.85. The summed E-state index contributed by atoms with van der Waals surface area (Å²) in [5.41, 5.74) is 0.457. The zero-order valence-electron chi connectivity index (χ0n) is 17.6. The summed E-state index contributed by atoms with van der Waals surface area (Å²) in [6, 6.07) is 1.01. The van der Waals surface area contributed by atoms with Crippen molar-refractivity contribution in [1.82, 2.24) is 15.3 Å². The van der Waals surface area contributed by atoms with Crippen LogP contribution in [0.15, 0.2) is 47.9 Å². The number of rotatable bonds is 8. The van der Waals surface area contributed by atoms with E-state index in [1.54, 1.807) is 13.0 Å². The van der Waals surface area contributed by atoms with E-state index >= 15 is 0 Å². The van der Waals surface area contributed by atoms with E-state index in [0.717, 1.165) is 24.8 Å². The Kier molecular flexibility index (Phi) is 6.82. The van der Waals surface area contributed by atoms with Crippen LogP contribution in [0.4, 0.5) is 14.7 Å². The van der Waals surface area contributed by atoms with Gasteiger partial charge in [0.25, 0.3) is 5.91 Å². The lowest BCUT2D eigenvalue weighted by molar-refractivity contribution is -0.179. The maximum Gasteiger partial charge on any atom is 0.422 e. The normalized spacial score (nSPS) is 17.5. The third-order valence-corrected chi connectivity index (χ3v) is 5.35. The number of allylic oxidation sites excluding steroid dienone is 2. The first-order valence-corrected chi connectivity index (χ1v) is 10.2. The van der Waals surface area contributed by atoms with Crippen molar-refractivity contribution in [2.45, 2.75) is 58.1 Å². The van der Waals surface area contributed by atoms with E-state index in [2.05, 4.69) is 27.2 Å². The second-order valence-electron chi connectivity index (χ2n) is 7.84. The van der Waals surface area contributed by atoms with Gasteiger partial charge in [-0.05, 0) is 63.3 Å². The first-order chi connectivity index (χ1) is 14.7. The molecule has 0 aliphatic heterocycles. The molecule has 1 aromatic rings. The van der Waals surface area contributed by atoms with Crippen molar-refractivity contribution < 1.29 is 23.1 Å². The molecule has 0 spiro atoms. The van der Waals surface area contributed by atoms with Crippen LogP contribution in [0.3, 0.4) is 0 Å². The first kappa shape index (κ1) is 22.6. The number of nitrogens with one attached hydrogen (secondary N) is 2. The molecule has 0 bridgehead atoms. The highest BCUT2D eigenvalue weighted by atomic mass is 19.3. The number of carbonyl (C=O) groups excluding carboxylic acids is 2. The Hall–Kier alpha value is -3.10. The third kappa shape index (κ3) is 5.74. The molecule has 7 nitrogen and oxygen atoms in total. The Morgan fingerprint density at radius 1 is 1.35 bits per heavy atom. The minimum Gasteiger partial charge on any atom is -0.430 e. The Labute approximate surface area is 179 Å². The molecule has 2 aliphatic rings. The summed E-state index contributed by atoms with van der Waals surface area (Å²) in [6.07, 6.45) is 4.86. The van der Waals surface area contributed by atoms with Crippen molar-refractivity contribution in [2.75, 3.05) is 5.32 Å². The van der Waals surface area contributed by atoms with Gasteiger partial charge in [0.15, 0.2) is 0 Å². The van der Waals surface area contributed by atoms with Gasteiger partial charge in [-0.2, -0.15) is 8.78 Å². The molecule has 1 fully saturated rings. The van der Waals surface area contributed by atoms with Crippen molar-refractivity contribution >= 4 is 17.8 Å². The molecule has 2 amide bonds. The molecule has 0 aromatic carbocycles. The summed E-state index contributed by atoms with van der Waals surface area (Å²) in [4.78, 5) is 32.8. The number of ether oxygens (including phenoxy) is 1. The van der Waals surface area contributed by atoms with Gasteiger partial charge in [-0.3, -0.25) is 14.9 Å². The van der Waals surface area contributed by atoms with Crippen molar-refractivity contribution in [1.29, 1.82) is 0 Å². The van der Waals surface area contributed by atoms with Crippen LogP contribution in [-0.4, -0.2) is 33.9 Å². The van der Waals surface area contributed by atoms with E-state index in [9.17, 15) is 18.4 Å². The molecule has 0 radical (unpaired) electrons. The van der Waals surface area contributed by atoms with Gasteiger partial charge >= 0.3 is 6.11 Å². The summed E-state index contributed by atoms with van der Waals surface area (Å²) in [7, 11) is 0. The number of hydrogen-bond donors (Lipinski definition) is 2. The predicted octanol–water partition coefficient (Wildman–Crippen LogP) is 4.12. The van der Waals surface area contributed by atoms with Gasteiger partial charge < -0.3 is 10.1 Å². The molecule has 1 aromatic heterocycles. The molecule has 0 saturated heterocycles. The molecule has 9 heteroatoms. The number of carbonyl (C=O) groups is 2. The van der Waals surface area contributed by atoms with Crippen LogP contribution < -0.4 is 10.6 Å². The number of aromatic nitrogens is 2. The first-order valence-electron chi connectivity index (χ1n) is 10.2. The van der Waals surface area contributed by atoms with E-state index in [4.69, 9.17) is 4.74 Å². The number of hydrogen-bond acceptors (Lipinski definition) is 5. The molecule has 2 N–H and O–H groups in total. The molecular weight excluding hydrogens is 406 g/mol. The van der Waals surface area contributed by atoms with Gasteiger partial charge in [-0.15, -0.1) is 0 Å².